The molecule has 1 aliphatic carbocycles. The summed E-state index contributed by atoms with van der Waals surface area (Å²) in [7, 11) is 1.66. The molecule has 0 radical (unpaired) electrons. The Morgan fingerprint density at radius 1 is 1.39 bits per heavy atom. The van der Waals surface area contributed by atoms with Crippen LogP contribution >= 0.6 is 0 Å². The van der Waals surface area contributed by atoms with Crippen molar-refractivity contribution in [1.29, 1.82) is 0 Å². The van der Waals surface area contributed by atoms with Gasteiger partial charge in [-0.15, -0.1) is 0 Å². The van der Waals surface area contributed by atoms with E-state index < -0.39 is 0 Å². The van der Waals surface area contributed by atoms with E-state index >= 15 is 0 Å². The van der Waals surface area contributed by atoms with E-state index in [2.05, 4.69) is 10.3 Å². The number of anilines is 1. The van der Waals surface area contributed by atoms with Crippen molar-refractivity contribution in [2.24, 2.45) is 0 Å². The van der Waals surface area contributed by atoms with Gasteiger partial charge in [0.2, 0.25) is 0 Å². The summed E-state index contributed by atoms with van der Waals surface area (Å²) < 4.78 is 11.1. The van der Waals surface area contributed by atoms with Gasteiger partial charge in [0, 0.05) is 12.2 Å². The zero-order chi connectivity index (χ0) is 12.8. The van der Waals surface area contributed by atoms with E-state index in [9.17, 15) is 0 Å². The Morgan fingerprint density at radius 2 is 2.17 bits per heavy atom. The van der Waals surface area contributed by atoms with Gasteiger partial charge in [0.25, 0.3) is 0 Å². The Balaban J connectivity index is 1.76. The Labute approximate surface area is 109 Å². The molecule has 0 amide bonds. The van der Waals surface area contributed by atoms with Crippen molar-refractivity contribution in [3.63, 3.8) is 0 Å². The van der Waals surface area contributed by atoms with Gasteiger partial charge >= 0.3 is 0 Å². The third kappa shape index (κ3) is 3.60. The van der Waals surface area contributed by atoms with Gasteiger partial charge in [-0.25, -0.2) is 0 Å². The second kappa shape index (κ2) is 6.59. The Morgan fingerprint density at radius 3 is 2.89 bits per heavy atom. The highest BCUT2D eigenvalue weighted by Gasteiger charge is 2.14. The van der Waals surface area contributed by atoms with Crippen LogP contribution in [0.4, 0.5) is 5.69 Å². The Bertz CT molecular complexity index is 376. The molecule has 0 aliphatic heterocycles. The van der Waals surface area contributed by atoms with E-state index in [1.165, 1.54) is 25.7 Å². The number of pyridine rings is 1. The highest BCUT2D eigenvalue weighted by atomic mass is 16.5. The average Bonchev–Trinajstić information content (AvgIpc) is 2.88. The highest BCUT2D eigenvalue weighted by Crippen LogP contribution is 2.23. The van der Waals surface area contributed by atoms with Gasteiger partial charge in [0.15, 0.2) is 5.75 Å². The number of methoxy groups -OCH3 is 1. The first-order valence-corrected chi connectivity index (χ1v) is 6.65. The first-order chi connectivity index (χ1) is 8.79. The van der Waals surface area contributed by atoms with Gasteiger partial charge in [-0.2, -0.15) is 0 Å². The number of aromatic nitrogens is 1. The molecule has 1 aromatic heterocycles. The number of hydrogen-bond donors (Lipinski definition) is 1. The van der Waals surface area contributed by atoms with Gasteiger partial charge in [-0.3, -0.25) is 4.98 Å². The van der Waals surface area contributed by atoms with Crippen LogP contribution in [0.5, 0.6) is 5.75 Å². The molecule has 100 valence electrons. The van der Waals surface area contributed by atoms with Crippen molar-refractivity contribution in [3.8, 4) is 5.75 Å². The van der Waals surface area contributed by atoms with Gasteiger partial charge in [-0.1, -0.05) is 12.8 Å². The van der Waals surface area contributed by atoms with Crippen LogP contribution in [-0.2, 0) is 4.74 Å². The average molecular weight is 250 g/mol. The number of aryl methyl sites for hydroxylation is 1. The van der Waals surface area contributed by atoms with Crippen LogP contribution < -0.4 is 10.1 Å². The summed E-state index contributed by atoms with van der Waals surface area (Å²) in [6.45, 7) is 3.52. The number of nitrogens with one attached hydrogen (secondary N) is 1. The van der Waals surface area contributed by atoms with Crippen LogP contribution in [0.15, 0.2) is 12.3 Å². The van der Waals surface area contributed by atoms with Gasteiger partial charge < -0.3 is 14.8 Å². The van der Waals surface area contributed by atoms with Crippen molar-refractivity contribution in [2.75, 3.05) is 25.6 Å². The fourth-order valence-electron chi connectivity index (χ4n) is 2.31. The lowest BCUT2D eigenvalue weighted by Crippen LogP contribution is -2.15. The normalized spacial score (nSPS) is 15.9. The molecular weight excluding hydrogens is 228 g/mol. The maximum Gasteiger partial charge on any atom is 0.160 e. The summed E-state index contributed by atoms with van der Waals surface area (Å²) in [5.74, 6) is 0.779. The maximum absolute atomic E-state index is 5.81. The van der Waals surface area contributed by atoms with E-state index in [0.29, 0.717) is 6.10 Å². The number of ether oxygens (including phenoxy) is 2. The molecule has 0 atom stereocenters. The zero-order valence-electron chi connectivity index (χ0n) is 11.2. The van der Waals surface area contributed by atoms with E-state index in [1.54, 1.807) is 13.3 Å². The van der Waals surface area contributed by atoms with E-state index in [-0.39, 0.29) is 0 Å². The summed E-state index contributed by atoms with van der Waals surface area (Å²) in [5, 5.41) is 3.34. The largest absolute Gasteiger partial charge is 0.493 e. The molecule has 0 unspecified atom stereocenters. The first-order valence-electron chi connectivity index (χ1n) is 6.65. The van der Waals surface area contributed by atoms with Crippen LogP contribution in [0.25, 0.3) is 0 Å². The third-order valence-electron chi connectivity index (χ3n) is 3.30. The Kier molecular flexibility index (Phi) is 4.81. The molecule has 2 rings (SSSR count). The summed E-state index contributed by atoms with van der Waals surface area (Å²) in [6, 6.07) is 1.99. The molecule has 0 saturated heterocycles. The van der Waals surface area contributed by atoms with Gasteiger partial charge in [0.1, 0.15) is 0 Å². The standard InChI is InChI=1S/C14H22N2O2/c1-11-9-13(14(17-2)10-16-11)15-7-8-18-12-5-3-4-6-12/h9-10,12H,3-8H2,1-2H3,(H,15,16). The minimum Gasteiger partial charge on any atom is -0.493 e. The lowest BCUT2D eigenvalue weighted by molar-refractivity contribution is 0.0659. The molecule has 0 spiro atoms. The molecular formula is C14H22N2O2. The number of hydrogen-bond acceptors (Lipinski definition) is 4. The molecule has 0 aromatic carbocycles. The lowest BCUT2D eigenvalue weighted by Gasteiger charge is -2.14. The summed E-state index contributed by atoms with van der Waals surface area (Å²) in [6.07, 6.45) is 7.29. The van der Waals surface area contributed by atoms with Crippen LogP contribution in [-0.4, -0.2) is 31.3 Å². The topological polar surface area (TPSA) is 43.4 Å². The SMILES string of the molecule is COc1cnc(C)cc1NCCOC1CCCC1. The molecule has 1 N–H and O–H groups in total. The lowest BCUT2D eigenvalue weighted by atomic mass is 10.3. The van der Waals surface area contributed by atoms with Crippen LogP contribution in [0.3, 0.4) is 0 Å². The third-order valence-corrected chi connectivity index (χ3v) is 3.30. The number of nitrogens with zero attached hydrogens (tertiary/aromatic N) is 1. The van der Waals surface area contributed by atoms with E-state index in [1.807, 2.05) is 13.0 Å². The second-order valence-corrected chi connectivity index (χ2v) is 4.73. The fourth-order valence-corrected chi connectivity index (χ4v) is 2.31. The second-order valence-electron chi connectivity index (χ2n) is 4.73. The molecule has 1 saturated carbocycles. The predicted octanol–water partition coefficient (Wildman–Crippen LogP) is 2.77. The van der Waals surface area contributed by atoms with Crippen molar-refractivity contribution in [1.82, 2.24) is 4.98 Å². The molecule has 0 bridgehead atoms. The molecule has 1 fully saturated rings. The maximum atomic E-state index is 5.81. The van der Waals surface area contributed by atoms with Crippen molar-refractivity contribution >= 4 is 5.69 Å². The fraction of sp³-hybridized carbons (Fsp3) is 0.643. The van der Waals surface area contributed by atoms with E-state index in [4.69, 9.17) is 9.47 Å². The van der Waals surface area contributed by atoms with Gasteiger partial charge in [0.05, 0.1) is 31.7 Å². The minimum absolute atomic E-state index is 0.480. The summed E-state index contributed by atoms with van der Waals surface area (Å²) in [5.41, 5.74) is 1.97. The molecule has 1 heterocycles. The van der Waals surface area contributed by atoms with Crippen LogP contribution in [0.1, 0.15) is 31.4 Å². The van der Waals surface area contributed by atoms with Crippen molar-refractivity contribution < 1.29 is 9.47 Å². The predicted molar refractivity (Wildman–Crippen MR) is 72.2 cm³/mol. The monoisotopic (exact) mass is 250 g/mol. The zero-order valence-corrected chi connectivity index (χ0v) is 11.2. The van der Waals surface area contributed by atoms with Crippen molar-refractivity contribution in [3.05, 3.63) is 18.0 Å². The highest BCUT2D eigenvalue weighted by molar-refractivity contribution is 5.55. The molecule has 18 heavy (non-hydrogen) atoms. The molecule has 4 nitrogen and oxygen atoms in total. The van der Waals surface area contributed by atoms with Crippen LogP contribution in [0.2, 0.25) is 0 Å². The molecule has 1 aliphatic rings. The smallest absolute Gasteiger partial charge is 0.160 e. The van der Waals surface area contributed by atoms with Gasteiger partial charge in [-0.05, 0) is 25.8 Å². The number of rotatable bonds is 6. The van der Waals surface area contributed by atoms with Crippen molar-refractivity contribution in [2.45, 2.75) is 38.7 Å². The summed E-state index contributed by atoms with van der Waals surface area (Å²) in [4.78, 5) is 4.21. The Hall–Kier alpha value is -1.29. The molecule has 4 heteroatoms. The minimum atomic E-state index is 0.480. The summed E-state index contributed by atoms with van der Waals surface area (Å²) >= 11 is 0. The molecule has 1 aromatic rings. The first kappa shape index (κ1) is 13.1. The van der Waals surface area contributed by atoms with Crippen LogP contribution in [0, 0.1) is 6.92 Å². The quantitative estimate of drug-likeness (QED) is 0.788. The van der Waals surface area contributed by atoms with E-state index in [0.717, 1.165) is 30.3 Å².